The van der Waals surface area contributed by atoms with Gasteiger partial charge in [-0.15, -0.1) is 0 Å². The first-order valence-electron chi connectivity index (χ1n) is 34.6. The highest BCUT2D eigenvalue weighted by atomic mass is 16.7. The van der Waals surface area contributed by atoms with Crippen LogP contribution in [0.5, 0.6) is 0 Å². The van der Waals surface area contributed by atoms with E-state index in [1.54, 1.807) is 20.8 Å². The number of carbonyl (C=O) groups excluding carboxylic acids is 6. The van der Waals surface area contributed by atoms with Gasteiger partial charge in [0.25, 0.3) is 0 Å². The van der Waals surface area contributed by atoms with Crippen molar-refractivity contribution in [1.29, 1.82) is 0 Å². The Morgan fingerprint density at radius 3 is 1.06 bits per heavy atom. The summed E-state index contributed by atoms with van der Waals surface area (Å²) in [7, 11) is 0. The molecule has 3 aliphatic rings. The second-order valence-corrected chi connectivity index (χ2v) is 25.8. The predicted molar refractivity (Wildman–Crippen MR) is 338 cm³/mol. The number of unbranched alkanes of at least 4 members (excludes halogenated alkanes) is 10. The van der Waals surface area contributed by atoms with E-state index < -0.39 is 117 Å². The Balaban J connectivity index is 1.27. The van der Waals surface area contributed by atoms with Crippen LogP contribution in [0.1, 0.15) is 207 Å². The molecule has 0 spiro atoms. The molecule has 0 saturated carbocycles. The van der Waals surface area contributed by atoms with E-state index in [1.165, 1.54) is 0 Å². The number of alkyl carbamates (subject to hydrolysis) is 1. The molecule has 93 heavy (non-hydrogen) atoms. The quantitative estimate of drug-likeness (QED) is 0.0234. The average molecular weight is 1340 g/mol. The van der Waals surface area contributed by atoms with Crippen LogP contribution in [0.25, 0.3) is 0 Å². The number of carbonyl (C=O) groups is 6. The summed E-state index contributed by atoms with van der Waals surface area (Å²) < 4.78 is 50.5. The van der Waals surface area contributed by atoms with Gasteiger partial charge in [0.05, 0.1) is 77.8 Å². The number of hydrogen-bond acceptors (Lipinski definition) is 24. The van der Waals surface area contributed by atoms with Crippen LogP contribution < -0.4 is 16.0 Å². The summed E-state index contributed by atoms with van der Waals surface area (Å²) in [6.07, 6.45) is 4.94. The Kier molecular flexibility index (Phi) is 43.8. The molecule has 3 heterocycles. The average Bonchev–Trinajstić information content (AvgIpc) is 0.951. The van der Waals surface area contributed by atoms with Gasteiger partial charge in [-0.1, -0.05) is 72.6 Å². The van der Waals surface area contributed by atoms with Crippen molar-refractivity contribution < 1.29 is 117 Å². The number of aliphatic hydroxyl groups excluding tert-OH is 9. The van der Waals surface area contributed by atoms with Gasteiger partial charge in [-0.05, 0) is 102 Å². The van der Waals surface area contributed by atoms with Gasteiger partial charge in [0.1, 0.15) is 42.4 Å². The normalized spacial score (nSPS) is 27.0. The SMILES string of the molecule is CC1C(OCCCC(=O)CCCCCNC(=O)OCCCC(C)(CCCOC(=O)CCCCCCCNC(=O)CCCOC2OC(CO)C(O)C(O)C2C)CCCOC(=O)CCCCCCCNC(=O)CCCOC2OC(CO)C(O)C(O)C2C)OC(CO)C(O)C1O. The number of ether oxygens (including phenoxy) is 9. The molecule has 27 nitrogen and oxygen atoms in total. The Labute approximate surface area is 550 Å². The molecule has 15 unspecified atom stereocenters. The van der Waals surface area contributed by atoms with Gasteiger partial charge in [0, 0.05) is 75.9 Å². The monoisotopic (exact) mass is 1340 g/mol. The molecule has 0 aliphatic carbocycles. The van der Waals surface area contributed by atoms with Crippen molar-refractivity contribution in [3.8, 4) is 0 Å². The molecule has 12 N–H and O–H groups in total. The van der Waals surface area contributed by atoms with Crippen molar-refractivity contribution >= 4 is 35.6 Å². The van der Waals surface area contributed by atoms with Crippen LogP contribution in [-0.2, 0) is 66.6 Å². The third-order valence-corrected chi connectivity index (χ3v) is 17.8. The number of esters is 2. The maximum absolute atomic E-state index is 12.7. The van der Waals surface area contributed by atoms with Gasteiger partial charge >= 0.3 is 18.0 Å². The largest absolute Gasteiger partial charge is 0.466 e. The van der Waals surface area contributed by atoms with Crippen LogP contribution in [-0.4, -0.2) is 234 Å². The number of Topliss-reactive ketones (excluding diaryl/α,β-unsaturated/α-hetero) is 1. The highest BCUT2D eigenvalue weighted by Crippen LogP contribution is 2.35. The van der Waals surface area contributed by atoms with Crippen LogP contribution in [0.2, 0.25) is 0 Å². The van der Waals surface area contributed by atoms with Crippen LogP contribution in [0.15, 0.2) is 0 Å². The Hall–Kier alpha value is -3.78. The number of rotatable bonds is 52. The Morgan fingerprint density at radius 2 is 0.677 bits per heavy atom. The van der Waals surface area contributed by atoms with Gasteiger partial charge in [0.2, 0.25) is 11.8 Å². The Bertz CT molecular complexity index is 1950. The predicted octanol–water partition coefficient (Wildman–Crippen LogP) is 3.80. The second-order valence-electron chi connectivity index (χ2n) is 25.8. The van der Waals surface area contributed by atoms with Gasteiger partial charge in [-0.25, -0.2) is 4.79 Å². The standard InChI is InChI=1S/C66H119N3O24/c1-45-56(78)59(81)49(42-70)91-62(45)87-36-18-25-48(73)24-12-11-17-35-69-65(84)90-41-23-32-66(4,30-21-39-85-54(76)28-13-7-5-9-15-33-67-52(74)26-19-37-88-63-46(2)57(79)60(82)50(43-71)92-63)31-22-40-86-55(77)29-14-8-6-10-16-34-68-53(75)27-20-38-89-64-47(3)58(80)61(83)51(44-72)93-64/h45-47,49-51,56-64,70-72,78-83H,5-44H2,1-4H3,(H,67,74)(H,68,75)(H,69,84). The molecule has 0 aromatic rings. The van der Waals surface area contributed by atoms with E-state index >= 15 is 0 Å². The molecule has 0 radical (unpaired) electrons. The van der Waals surface area contributed by atoms with E-state index in [2.05, 4.69) is 22.9 Å². The molecule has 15 atom stereocenters. The second kappa shape index (κ2) is 48.8. The number of nitrogens with one attached hydrogen (secondary N) is 3. The molecule has 3 fully saturated rings. The smallest absolute Gasteiger partial charge is 0.407 e. The molecule has 542 valence electrons. The third-order valence-electron chi connectivity index (χ3n) is 17.8. The summed E-state index contributed by atoms with van der Waals surface area (Å²) in [4.78, 5) is 75.0. The van der Waals surface area contributed by atoms with Crippen molar-refractivity contribution in [2.45, 2.75) is 281 Å². The first-order chi connectivity index (χ1) is 44.6. The lowest BCUT2D eigenvalue weighted by atomic mass is 9.77. The minimum atomic E-state index is -1.21. The van der Waals surface area contributed by atoms with Crippen molar-refractivity contribution in [2.75, 3.05) is 79.1 Å². The number of ketones is 1. The molecule has 0 aromatic heterocycles. The number of amides is 3. The van der Waals surface area contributed by atoms with Crippen LogP contribution in [0, 0.1) is 23.2 Å². The summed E-state index contributed by atoms with van der Waals surface area (Å²) in [6, 6.07) is 0. The van der Waals surface area contributed by atoms with Crippen molar-refractivity contribution in [1.82, 2.24) is 16.0 Å². The lowest BCUT2D eigenvalue weighted by Gasteiger charge is -2.40. The van der Waals surface area contributed by atoms with Crippen LogP contribution in [0.4, 0.5) is 4.79 Å². The topological polar surface area (TPSA) is 404 Å². The fourth-order valence-corrected chi connectivity index (χ4v) is 11.6. The summed E-state index contributed by atoms with van der Waals surface area (Å²) in [6.45, 7) is 8.71. The molecule has 3 amide bonds. The molecule has 27 heteroatoms. The first-order valence-corrected chi connectivity index (χ1v) is 34.6. The zero-order chi connectivity index (χ0) is 68.4. The Morgan fingerprint density at radius 1 is 0.366 bits per heavy atom. The lowest BCUT2D eigenvalue weighted by Crippen LogP contribution is -2.55. The van der Waals surface area contributed by atoms with E-state index in [0.29, 0.717) is 110 Å². The minimum Gasteiger partial charge on any atom is -0.466 e. The van der Waals surface area contributed by atoms with Gasteiger partial charge in [-0.3, -0.25) is 24.0 Å². The summed E-state index contributed by atoms with van der Waals surface area (Å²) in [5, 5.41) is 97.5. The van der Waals surface area contributed by atoms with Gasteiger partial charge in [-0.2, -0.15) is 0 Å². The van der Waals surface area contributed by atoms with Crippen molar-refractivity contribution in [3.05, 3.63) is 0 Å². The van der Waals surface area contributed by atoms with Crippen molar-refractivity contribution in [2.24, 2.45) is 23.2 Å². The van der Waals surface area contributed by atoms with Crippen LogP contribution >= 0.6 is 0 Å². The highest BCUT2D eigenvalue weighted by molar-refractivity contribution is 5.78. The van der Waals surface area contributed by atoms with Gasteiger partial charge in [0.15, 0.2) is 18.9 Å². The zero-order valence-corrected chi connectivity index (χ0v) is 56.1. The maximum atomic E-state index is 12.7. The number of aliphatic hydroxyl groups is 9. The molecule has 3 aliphatic heterocycles. The molecule has 0 aromatic carbocycles. The van der Waals surface area contributed by atoms with E-state index in [0.717, 1.165) is 77.0 Å². The van der Waals surface area contributed by atoms with Crippen molar-refractivity contribution in [3.63, 3.8) is 0 Å². The van der Waals surface area contributed by atoms with Gasteiger partial charge < -0.3 is 105 Å². The first kappa shape index (κ1) is 83.4. The van der Waals surface area contributed by atoms with E-state index in [4.69, 9.17) is 42.6 Å². The molecular formula is C66H119N3O24. The fourth-order valence-electron chi connectivity index (χ4n) is 11.6. The minimum absolute atomic E-state index is 0.0892. The summed E-state index contributed by atoms with van der Waals surface area (Å²) in [5.74, 6) is -2.13. The lowest BCUT2D eigenvalue weighted by molar-refractivity contribution is -0.282. The number of hydrogen-bond donors (Lipinski definition) is 12. The molecule has 3 saturated heterocycles. The fraction of sp³-hybridized carbons (Fsp3) is 0.909. The molecular weight excluding hydrogens is 1220 g/mol. The maximum Gasteiger partial charge on any atom is 0.407 e. The summed E-state index contributed by atoms with van der Waals surface area (Å²) in [5.41, 5.74) is -0.220. The van der Waals surface area contributed by atoms with E-state index in [-0.39, 0.29) is 87.4 Å². The zero-order valence-electron chi connectivity index (χ0n) is 56.1. The van der Waals surface area contributed by atoms with E-state index in [9.17, 15) is 74.7 Å². The highest BCUT2D eigenvalue weighted by Gasteiger charge is 2.45. The summed E-state index contributed by atoms with van der Waals surface area (Å²) >= 11 is 0. The molecule has 3 rings (SSSR count). The third kappa shape index (κ3) is 34.3. The van der Waals surface area contributed by atoms with Crippen LogP contribution in [0.3, 0.4) is 0 Å². The van der Waals surface area contributed by atoms with E-state index in [1.807, 2.05) is 0 Å². The molecule has 0 bridgehead atoms.